The van der Waals surface area contributed by atoms with Crippen LogP contribution < -0.4 is 10.1 Å². The molecule has 0 aliphatic heterocycles. The Hall–Kier alpha value is -2.13. The third kappa shape index (κ3) is 3.22. The molecule has 0 aliphatic carbocycles. The van der Waals surface area contributed by atoms with Crippen molar-refractivity contribution in [3.8, 4) is 24.2 Å². The summed E-state index contributed by atoms with van der Waals surface area (Å²) in [4.78, 5) is 0. The molecule has 0 saturated carbocycles. The molecule has 0 bridgehead atoms. The first-order chi connectivity index (χ1) is 7.81. The number of terminal acetylenes is 1. The molecule has 1 N–H and O–H groups in total. The van der Waals surface area contributed by atoms with Crippen molar-refractivity contribution in [2.24, 2.45) is 0 Å². The molecule has 1 rings (SSSR count). The summed E-state index contributed by atoms with van der Waals surface area (Å²) in [6.45, 7) is 0.756. The fourth-order valence-electron chi connectivity index (χ4n) is 1.31. The second-order valence-corrected chi connectivity index (χ2v) is 3.26. The minimum atomic E-state index is 0.613. The highest BCUT2D eigenvalue weighted by Gasteiger charge is 2.02. The smallest absolute Gasteiger partial charge is 0.121 e. The first kappa shape index (κ1) is 11.9. The van der Waals surface area contributed by atoms with Crippen molar-refractivity contribution < 1.29 is 4.74 Å². The average Bonchev–Trinajstić information content (AvgIpc) is 2.34. The van der Waals surface area contributed by atoms with Gasteiger partial charge >= 0.3 is 0 Å². The van der Waals surface area contributed by atoms with Crippen LogP contribution in [0.25, 0.3) is 0 Å². The van der Waals surface area contributed by atoms with Gasteiger partial charge in [-0.2, -0.15) is 5.26 Å². The Morgan fingerprint density at radius 2 is 2.31 bits per heavy atom. The molecule has 0 aromatic heterocycles. The molecule has 82 valence electrons. The molecule has 0 unspecified atom stereocenters. The normalized spacial score (nSPS) is 8.94. The predicted octanol–water partition coefficient (Wildman–Crippen LogP) is 2.39. The summed E-state index contributed by atoms with van der Waals surface area (Å²) in [6, 6.07) is 7.45. The molecule has 3 heteroatoms. The zero-order chi connectivity index (χ0) is 11.8. The lowest BCUT2D eigenvalue weighted by Crippen LogP contribution is -2.03. The number of hydrogen-bond acceptors (Lipinski definition) is 3. The van der Waals surface area contributed by atoms with E-state index < -0.39 is 0 Å². The van der Waals surface area contributed by atoms with Gasteiger partial charge in [-0.1, -0.05) is 0 Å². The number of benzene rings is 1. The third-order valence-electron chi connectivity index (χ3n) is 2.16. The second kappa shape index (κ2) is 6.37. The topological polar surface area (TPSA) is 45.0 Å². The van der Waals surface area contributed by atoms with Gasteiger partial charge in [-0.25, -0.2) is 0 Å². The van der Waals surface area contributed by atoms with Crippen LogP contribution in [0.15, 0.2) is 18.2 Å². The summed E-state index contributed by atoms with van der Waals surface area (Å²) in [7, 11) is 1.60. The Morgan fingerprint density at radius 3 is 2.94 bits per heavy atom. The molecule has 0 heterocycles. The molecule has 1 aromatic rings. The molecule has 0 aliphatic rings. The molecule has 1 aromatic carbocycles. The maximum Gasteiger partial charge on any atom is 0.121 e. The second-order valence-electron chi connectivity index (χ2n) is 3.26. The molecule has 0 radical (unpaired) electrons. The Morgan fingerprint density at radius 1 is 1.50 bits per heavy atom. The fourth-order valence-corrected chi connectivity index (χ4v) is 1.31. The van der Waals surface area contributed by atoms with Crippen LogP contribution in [0.4, 0.5) is 5.69 Å². The summed E-state index contributed by atoms with van der Waals surface area (Å²) >= 11 is 0. The van der Waals surface area contributed by atoms with Gasteiger partial charge in [0.15, 0.2) is 0 Å². The lowest BCUT2D eigenvalue weighted by Gasteiger charge is -2.09. The van der Waals surface area contributed by atoms with Gasteiger partial charge < -0.3 is 10.1 Å². The number of nitrogens with zero attached hydrogens (tertiary/aromatic N) is 1. The maximum absolute atomic E-state index is 8.92. The van der Waals surface area contributed by atoms with Crippen LogP contribution in [0.5, 0.6) is 5.75 Å². The van der Waals surface area contributed by atoms with E-state index in [1.165, 1.54) is 0 Å². The molecule has 0 saturated heterocycles. The van der Waals surface area contributed by atoms with Gasteiger partial charge in [0.05, 0.1) is 18.4 Å². The zero-order valence-electron chi connectivity index (χ0n) is 9.29. The van der Waals surface area contributed by atoms with Gasteiger partial charge in [0.2, 0.25) is 0 Å². The third-order valence-corrected chi connectivity index (χ3v) is 2.16. The molecule has 16 heavy (non-hydrogen) atoms. The highest BCUT2D eigenvalue weighted by Crippen LogP contribution is 2.21. The number of anilines is 1. The molecular formula is C13H14N2O. The number of methoxy groups -OCH3 is 1. The van der Waals surface area contributed by atoms with E-state index in [0.717, 1.165) is 30.8 Å². The van der Waals surface area contributed by atoms with Crippen molar-refractivity contribution in [3.05, 3.63) is 23.8 Å². The van der Waals surface area contributed by atoms with Crippen molar-refractivity contribution >= 4 is 5.69 Å². The SMILES string of the molecule is C#CCCCNc1cc(OC)ccc1C#N. The molecule has 0 atom stereocenters. The van der Waals surface area contributed by atoms with Crippen molar-refractivity contribution in [1.29, 1.82) is 5.26 Å². The Labute approximate surface area is 96.0 Å². The molecule has 0 fully saturated rings. The van der Waals surface area contributed by atoms with E-state index >= 15 is 0 Å². The van der Waals surface area contributed by atoms with Crippen LogP contribution in [0, 0.1) is 23.7 Å². The number of hydrogen-bond donors (Lipinski definition) is 1. The highest BCUT2D eigenvalue weighted by atomic mass is 16.5. The number of ether oxygens (including phenoxy) is 1. The van der Waals surface area contributed by atoms with Crippen LogP contribution in [-0.4, -0.2) is 13.7 Å². The van der Waals surface area contributed by atoms with Crippen LogP contribution in [0.2, 0.25) is 0 Å². The van der Waals surface area contributed by atoms with E-state index in [9.17, 15) is 0 Å². The van der Waals surface area contributed by atoms with Crippen molar-refractivity contribution in [1.82, 2.24) is 0 Å². The number of nitrogens with one attached hydrogen (secondary N) is 1. The summed E-state index contributed by atoms with van der Waals surface area (Å²) in [6.07, 6.45) is 6.78. The van der Waals surface area contributed by atoms with Gasteiger partial charge in [-0.05, 0) is 18.6 Å². The Balaban J connectivity index is 2.69. The summed E-state index contributed by atoms with van der Waals surface area (Å²) in [5.74, 6) is 3.31. The largest absolute Gasteiger partial charge is 0.497 e. The van der Waals surface area contributed by atoms with Gasteiger partial charge in [0, 0.05) is 19.0 Å². The summed E-state index contributed by atoms with van der Waals surface area (Å²) < 4.78 is 5.10. The van der Waals surface area contributed by atoms with Crippen LogP contribution >= 0.6 is 0 Å². The van der Waals surface area contributed by atoms with Crippen molar-refractivity contribution in [2.45, 2.75) is 12.8 Å². The molecule has 0 spiro atoms. The lowest BCUT2D eigenvalue weighted by molar-refractivity contribution is 0.415. The number of unbranched alkanes of at least 4 members (excludes halogenated alkanes) is 1. The van der Waals surface area contributed by atoms with Gasteiger partial charge in [-0.15, -0.1) is 12.3 Å². The van der Waals surface area contributed by atoms with E-state index in [-0.39, 0.29) is 0 Å². The summed E-state index contributed by atoms with van der Waals surface area (Å²) in [5.41, 5.74) is 1.40. The van der Waals surface area contributed by atoms with E-state index in [1.54, 1.807) is 19.2 Å². The minimum Gasteiger partial charge on any atom is -0.497 e. The maximum atomic E-state index is 8.92. The molecular weight excluding hydrogens is 200 g/mol. The quantitative estimate of drug-likeness (QED) is 0.604. The highest BCUT2D eigenvalue weighted by molar-refractivity contribution is 5.60. The number of rotatable bonds is 5. The standard InChI is InChI=1S/C13H14N2O/c1-3-4-5-8-15-13-9-12(16-2)7-6-11(13)10-14/h1,6-7,9,15H,4-5,8H2,2H3. The fraction of sp³-hybridized carbons (Fsp3) is 0.308. The number of nitriles is 1. The monoisotopic (exact) mass is 214 g/mol. The van der Waals surface area contributed by atoms with E-state index in [1.807, 2.05) is 6.07 Å². The first-order valence-corrected chi connectivity index (χ1v) is 5.07. The van der Waals surface area contributed by atoms with Gasteiger partial charge in [-0.3, -0.25) is 0 Å². The van der Waals surface area contributed by atoms with E-state index in [2.05, 4.69) is 17.3 Å². The van der Waals surface area contributed by atoms with Crippen molar-refractivity contribution in [2.75, 3.05) is 19.0 Å². The predicted molar refractivity (Wildman–Crippen MR) is 64.3 cm³/mol. The van der Waals surface area contributed by atoms with Crippen molar-refractivity contribution in [3.63, 3.8) is 0 Å². The molecule has 0 amide bonds. The van der Waals surface area contributed by atoms with Crippen LogP contribution in [-0.2, 0) is 0 Å². The average molecular weight is 214 g/mol. The summed E-state index contributed by atoms with van der Waals surface area (Å²) in [5, 5.41) is 12.1. The minimum absolute atomic E-state index is 0.613. The Kier molecular flexibility index (Phi) is 4.76. The lowest BCUT2D eigenvalue weighted by atomic mass is 10.2. The van der Waals surface area contributed by atoms with Crippen LogP contribution in [0.1, 0.15) is 18.4 Å². The van der Waals surface area contributed by atoms with Crippen LogP contribution in [0.3, 0.4) is 0 Å². The Bertz CT molecular complexity index is 427. The molecule has 3 nitrogen and oxygen atoms in total. The van der Waals surface area contributed by atoms with Gasteiger partial charge in [0.1, 0.15) is 11.8 Å². The van der Waals surface area contributed by atoms with Gasteiger partial charge in [0.25, 0.3) is 0 Å². The first-order valence-electron chi connectivity index (χ1n) is 5.07. The zero-order valence-corrected chi connectivity index (χ0v) is 9.29. The van der Waals surface area contributed by atoms with E-state index in [4.69, 9.17) is 16.4 Å². The van der Waals surface area contributed by atoms with E-state index in [0.29, 0.717) is 5.56 Å².